The van der Waals surface area contributed by atoms with Crippen LogP contribution >= 0.6 is 0 Å². The zero-order chi connectivity index (χ0) is 24.3. The van der Waals surface area contributed by atoms with Crippen molar-refractivity contribution in [3.63, 3.8) is 0 Å². The summed E-state index contributed by atoms with van der Waals surface area (Å²) in [7, 11) is -2.08. The van der Waals surface area contributed by atoms with Crippen molar-refractivity contribution >= 4 is 21.6 Å². The van der Waals surface area contributed by atoms with E-state index in [1.165, 1.54) is 18.2 Å². The van der Waals surface area contributed by atoms with Gasteiger partial charge in [0.25, 0.3) is 10.0 Å². The number of likely N-dealkylation sites (tertiary alicyclic amines) is 1. The zero-order valence-electron chi connectivity index (χ0n) is 19.0. The molecule has 2 heterocycles. The number of oxazole rings is 1. The molecule has 0 spiro atoms. The fourth-order valence-corrected chi connectivity index (χ4v) is 5.11. The minimum Gasteiger partial charge on any atom is -0.441 e. The number of aromatic nitrogens is 1. The van der Waals surface area contributed by atoms with E-state index in [1.807, 2.05) is 7.05 Å². The standard InChI is InChI=1S/C24H27FN4O4S/c1-16-21(15-26-23(30)22-12-5-6-13-29(22)2)27-24(33-16)19-10-3-4-11-20(19)28-34(31,32)18-9-7-8-17(25)14-18/h3-4,7-11,14,22,28H,5-6,12-13,15H2,1-2H3,(H,26,30). The largest absolute Gasteiger partial charge is 0.441 e. The molecule has 0 radical (unpaired) electrons. The van der Waals surface area contributed by atoms with Gasteiger partial charge in [0.15, 0.2) is 0 Å². The molecule has 2 aromatic carbocycles. The third-order valence-corrected chi connectivity index (χ3v) is 7.27. The number of para-hydroxylation sites is 1. The normalized spacial score (nSPS) is 16.9. The number of carbonyl (C=O) groups is 1. The van der Waals surface area contributed by atoms with E-state index in [9.17, 15) is 17.6 Å². The molecule has 0 bridgehead atoms. The maximum Gasteiger partial charge on any atom is 0.262 e. The lowest BCUT2D eigenvalue weighted by Crippen LogP contribution is -2.47. The average Bonchev–Trinajstić information content (AvgIpc) is 3.18. The van der Waals surface area contributed by atoms with Crippen LogP contribution in [-0.4, -0.2) is 43.8 Å². The topological polar surface area (TPSA) is 105 Å². The molecule has 1 fully saturated rings. The number of anilines is 1. The Labute approximate surface area is 198 Å². The van der Waals surface area contributed by atoms with Gasteiger partial charge in [0.2, 0.25) is 11.8 Å². The lowest BCUT2D eigenvalue weighted by molar-refractivity contribution is -0.127. The van der Waals surface area contributed by atoms with E-state index in [1.54, 1.807) is 31.2 Å². The quantitative estimate of drug-likeness (QED) is 0.528. The van der Waals surface area contributed by atoms with E-state index in [2.05, 4.69) is 19.9 Å². The Kier molecular flexibility index (Phi) is 6.99. The smallest absolute Gasteiger partial charge is 0.262 e. The maximum atomic E-state index is 13.5. The highest BCUT2D eigenvalue weighted by Gasteiger charge is 2.26. The summed E-state index contributed by atoms with van der Waals surface area (Å²) in [5.41, 5.74) is 1.23. The lowest BCUT2D eigenvalue weighted by atomic mass is 10.0. The SMILES string of the molecule is Cc1oc(-c2ccccc2NS(=O)(=O)c2cccc(F)c2)nc1CNC(=O)C1CCCCN1C. The third-order valence-electron chi connectivity index (χ3n) is 5.90. The third kappa shape index (κ3) is 5.28. The molecule has 4 rings (SSSR count). The molecule has 1 aliphatic rings. The number of hydrogen-bond acceptors (Lipinski definition) is 6. The molecule has 0 aliphatic carbocycles. The maximum absolute atomic E-state index is 13.5. The van der Waals surface area contributed by atoms with Gasteiger partial charge in [-0.2, -0.15) is 0 Å². The summed E-state index contributed by atoms with van der Waals surface area (Å²) in [6.45, 7) is 2.84. The number of amides is 1. The van der Waals surface area contributed by atoms with Gasteiger partial charge in [0.05, 0.1) is 28.7 Å². The first-order valence-corrected chi connectivity index (χ1v) is 12.5. The second-order valence-corrected chi connectivity index (χ2v) is 10.0. The van der Waals surface area contributed by atoms with E-state index in [0.717, 1.165) is 31.9 Å². The highest BCUT2D eigenvalue weighted by Crippen LogP contribution is 2.30. The van der Waals surface area contributed by atoms with E-state index >= 15 is 0 Å². The van der Waals surface area contributed by atoms with Crippen molar-refractivity contribution in [1.29, 1.82) is 0 Å². The number of hydrogen-bond donors (Lipinski definition) is 2. The average molecular weight is 487 g/mol. The first-order chi connectivity index (χ1) is 16.2. The number of aryl methyl sites for hydroxylation is 1. The number of benzene rings is 2. The predicted molar refractivity (Wildman–Crippen MR) is 126 cm³/mol. The predicted octanol–water partition coefficient (Wildman–Crippen LogP) is 3.69. The molecule has 1 aliphatic heterocycles. The van der Waals surface area contributed by atoms with Crippen LogP contribution in [0.4, 0.5) is 10.1 Å². The number of halogens is 1. The molecule has 10 heteroatoms. The van der Waals surface area contributed by atoms with Gasteiger partial charge in [-0.15, -0.1) is 0 Å². The number of carbonyl (C=O) groups excluding carboxylic acids is 1. The molecule has 180 valence electrons. The molecule has 1 aromatic heterocycles. The van der Waals surface area contributed by atoms with Gasteiger partial charge in [-0.3, -0.25) is 14.4 Å². The molecule has 1 atom stereocenters. The van der Waals surface area contributed by atoms with Crippen LogP contribution < -0.4 is 10.0 Å². The summed E-state index contributed by atoms with van der Waals surface area (Å²) < 4.78 is 47.4. The summed E-state index contributed by atoms with van der Waals surface area (Å²) in [6, 6.07) is 11.3. The highest BCUT2D eigenvalue weighted by atomic mass is 32.2. The molecule has 2 N–H and O–H groups in total. The molecule has 1 saturated heterocycles. The van der Waals surface area contributed by atoms with Crippen LogP contribution in [0.25, 0.3) is 11.5 Å². The number of likely N-dealkylation sites (N-methyl/N-ethyl adjacent to an activating group) is 1. The van der Waals surface area contributed by atoms with Crippen molar-refractivity contribution in [2.24, 2.45) is 0 Å². The second kappa shape index (κ2) is 9.94. The first-order valence-electron chi connectivity index (χ1n) is 11.1. The van der Waals surface area contributed by atoms with Crippen LogP contribution in [0.15, 0.2) is 57.8 Å². The number of nitrogens with zero attached hydrogens (tertiary/aromatic N) is 2. The molecule has 0 saturated carbocycles. The van der Waals surface area contributed by atoms with E-state index < -0.39 is 15.8 Å². The van der Waals surface area contributed by atoms with Gasteiger partial charge in [0.1, 0.15) is 17.3 Å². The van der Waals surface area contributed by atoms with Crippen molar-refractivity contribution in [1.82, 2.24) is 15.2 Å². The molecular weight excluding hydrogens is 459 g/mol. The second-order valence-electron chi connectivity index (χ2n) is 8.34. The van der Waals surface area contributed by atoms with E-state index in [0.29, 0.717) is 17.0 Å². The Morgan fingerprint density at radius 3 is 2.76 bits per heavy atom. The van der Waals surface area contributed by atoms with Gasteiger partial charge in [-0.25, -0.2) is 17.8 Å². The first kappa shape index (κ1) is 23.9. The van der Waals surface area contributed by atoms with Crippen LogP contribution in [0.5, 0.6) is 0 Å². The van der Waals surface area contributed by atoms with Crippen LogP contribution in [0.2, 0.25) is 0 Å². The summed E-state index contributed by atoms with van der Waals surface area (Å²) in [4.78, 5) is 19.0. The zero-order valence-corrected chi connectivity index (χ0v) is 19.9. The summed E-state index contributed by atoms with van der Waals surface area (Å²) in [5, 5.41) is 2.93. The van der Waals surface area contributed by atoms with Crippen LogP contribution in [-0.2, 0) is 21.4 Å². The Hall–Kier alpha value is -3.24. The fraction of sp³-hybridized carbons (Fsp3) is 0.333. The van der Waals surface area contributed by atoms with E-state index in [4.69, 9.17) is 4.42 Å². The number of sulfonamides is 1. The van der Waals surface area contributed by atoms with Crippen molar-refractivity contribution < 1.29 is 22.0 Å². The van der Waals surface area contributed by atoms with Gasteiger partial charge in [-0.05, 0) is 63.7 Å². The Balaban J connectivity index is 1.52. The van der Waals surface area contributed by atoms with Crippen molar-refractivity contribution in [2.75, 3.05) is 18.3 Å². The number of rotatable bonds is 7. The Bertz CT molecular complexity index is 1290. The van der Waals surface area contributed by atoms with Crippen molar-refractivity contribution in [3.05, 3.63) is 65.8 Å². The summed E-state index contributed by atoms with van der Waals surface area (Å²) in [5.74, 6) is 0.0455. The Morgan fingerprint density at radius 2 is 2.00 bits per heavy atom. The van der Waals surface area contributed by atoms with Gasteiger partial charge in [-0.1, -0.05) is 24.6 Å². The van der Waals surface area contributed by atoms with Gasteiger partial charge in [0, 0.05) is 0 Å². The molecule has 1 unspecified atom stereocenters. The highest BCUT2D eigenvalue weighted by molar-refractivity contribution is 7.92. The lowest BCUT2D eigenvalue weighted by Gasteiger charge is -2.31. The monoisotopic (exact) mass is 486 g/mol. The molecule has 8 nitrogen and oxygen atoms in total. The van der Waals surface area contributed by atoms with E-state index in [-0.39, 0.29) is 35.0 Å². The molecule has 34 heavy (non-hydrogen) atoms. The minimum atomic E-state index is -4.03. The number of nitrogens with one attached hydrogen (secondary N) is 2. The van der Waals surface area contributed by atoms with Crippen LogP contribution in [0, 0.1) is 12.7 Å². The summed E-state index contributed by atoms with van der Waals surface area (Å²) in [6.07, 6.45) is 2.94. The van der Waals surface area contributed by atoms with Crippen molar-refractivity contribution in [2.45, 2.75) is 43.7 Å². The van der Waals surface area contributed by atoms with Crippen LogP contribution in [0.3, 0.4) is 0 Å². The number of piperidine rings is 1. The Morgan fingerprint density at radius 1 is 1.21 bits per heavy atom. The summed E-state index contributed by atoms with van der Waals surface area (Å²) >= 11 is 0. The molecule has 1 amide bonds. The van der Waals surface area contributed by atoms with Gasteiger partial charge < -0.3 is 9.73 Å². The molecule has 3 aromatic rings. The van der Waals surface area contributed by atoms with Gasteiger partial charge >= 0.3 is 0 Å². The fourth-order valence-electron chi connectivity index (χ4n) is 4.00. The van der Waals surface area contributed by atoms with Crippen molar-refractivity contribution in [3.8, 4) is 11.5 Å². The molecular formula is C24H27FN4O4S. The van der Waals surface area contributed by atoms with Crippen LogP contribution in [0.1, 0.15) is 30.7 Å². The minimum absolute atomic E-state index is 0.0468.